The topological polar surface area (TPSA) is 96.7 Å². The molecule has 1 unspecified atom stereocenters. The molecule has 1 N–H and O–H groups in total. The van der Waals surface area contributed by atoms with E-state index in [9.17, 15) is 4.79 Å². The number of methoxy groups -OCH3 is 1. The second-order valence-electron chi connectivity index (χ2n) is 9.23. The van der Waals surface area contributed by atoms with Crippen LogP contribution >= 0.6 is 0 Å². The Morgan fingerprint density at radius 1 is 1.29 bits per heavy atom. The summed E-state index contributed by atoms with van der Waals surface area (Å²) in [5, 5.41) is 3.78. The van der Waals surface area contributed by atoms with E-state index in [1.165, 1.54) is 12.5 Å². The van der Waals surface area contributed by atoms with Gasteiger partial charge in [-0.15, -0.1) is 0 Å². The molecule has 3 aliphatic rings. The minimum Gasteiger partial charge on any atom is -0.380 e. The summed E-state index contributed by atoms with van der Waals surface area (Å²) in [6.45, 7) is 5.14. The molecule has 3 aromatic heterocycles. The first-order valence-electron chi connectivity index (χ1n) is 11.7. The van der Waals surface area contributed by atoms with Crippen molar-refractivity contribution in [3.8, 4) is 11.3 Å². The zero-order valence-corrected chi connectivity index (χ0v) is 19.4. The number of pyridine rings is 2. The Morgan fingerprint density at radius 2 is 2.18 bits per heavy atom. The Morgan fingerprint density at radius 3 is 2.88 bits per heavy atom. The summed E-state index contributed by atoms with van der Waals surface area (Å²) >= 11 is 0. The fourth-order valence-electron chi connectivity index (χ4n) is 5.25. The number of aromatic nitrogens is 3. The maximum atomic E-state index is 11.7. The molecule has 6 rings (SSSR count). The first-order chi connectivity index (χ1) is 16.6. The lowest BCUT2D eigenvalue weighted by atomic mass is 9.87. The molecule has 0 bridgehead atoms. The molecule has 34 heavy (non-hydrogen) atoms. The van der Waals surface area contributed by atoms with Crippen LogP contribution in [0.3, 0.4) is 0 Å². The van der Waals surface area contributed by atoms with E-state index >= 15 is 0 Å². The molecule has 1 atom stereocenters. The third kappa shape index (κ3) is 3.51. The largest absolute Gasteiger partial charge is 0.380 e. The van der Waals surface area contributed by atoms with E-state index in [1.807, 2.05) is 12.3 Å². The fourth-order valence-corrected chi connectivity index (χ4v) is 5.25. The lowest BCUT2D eigenvalue weighted by molar-refractivity contribution is -0.114. The Balaban J connectivity index is 1.56. The number of hydrogen-bond donors (Lipinski definition) is 1. The van der Waals surface area contributed by atoms with Gasteiger partial charge in [0.25, 0.3) is 0 Å². The molecule has 3 aliphatic heterocycles. The van der Waals surface area contributed by atoms with Gasteiger partial charge in [-0.25, -0.2) is 9.97 Å². The molecule has 2 saturated heterocycles. The van der Waals surface area contributed by atoms with Crippen LogP contribution < -0.4 is 5.32 Å². The van der Waals surface area contributed by atoms with Gasteiger partial charge in [0.15, 0.2) is 0 Å². The predicted octanol–water partition coefficient (Wildman–Crippen LogP) is 2.96. The van der Waals surface area contributed by atoms with Gasteiger partial charge in [0.05, 0.1) is 62.2 Å². The van der Waals surface area contributed by atoms with Crippen molar-refractivity contribution in [3.63, 3.8) is 0 Å². The smallest absolute Gasteiger partial charge is 0.222 e. The molecular formula is C25H28N4O5. The van der Waals surface area contributed by atoms with E-state index in [-0.39, 0.29) is 11.9 Å². The molecule has 6 heterocycles. The molecule has 1 amide bonds. The van der Waals surface area contributed by atoms with Gasteiger partial charge in [-0.3, -0.25) is 4.79 Å². The number of ether oxygens (including phenoxy) is 4. The summed E-state index contributed by atoms with van der Waals surface area (Å²) in [4.78, 5) is 21.3. The average molecular weight is 465 g/mol. The summed E-state index contributed by atoms with van der Waals surface area (Å²) in [5.74, 6) is 0.359. The number of carbonyl (C=O) groups is 1. The van der Waals surface area contributed by atoms with Gasteiger partial charge in [0.1, 0.15) is 11.4 Å². The number of amides is 1. The highest BCUT2D eigenvalue weighted by atomic mass is 16.6. The van der Waals surface area contributed by atoms with Crippen molar-refractivity contribution in [1.29, 1.82) is 0 Å². The normalized spacial score (nSPS) is 22.2. The van der Waals surface area contributed by atoms with Crippen molar-refractivity contribution >= 4 is 22.6 Å². The number of hydrogen-bond acceptors (Lipinski definition) is 7. The van der Waals surface area contributed by atoms with E-state index in [2.05, 4.69) is 27.1 Å². The maximum Gasteiger partial charge on any atom is 0.222 e. The Kier molecular flexibility index (Phi) is 5.37. The van der Waals surface area contributed by atoms with Gasteiger partial charge in [-0.1, -0.05) is 0 Å². The molecule has 2 fully saturated rings. The second kappa shape index (κ2) is 8.42. The monoisotopic (exact) mass is 464 g/mol. The number of carbonyl (C=O) groups excluding carboxylic acids is 1. The fraction of sp³-hybridized carbons (Fsp3) is 0.480. The highest BCUT2D eigenvalue weighted by molar-refractivity contribution is 5.98. The molecule has 1 spiro atoms. The minimum absolute atomic E-state index is 0.158. The van der Waals surface area contributed by atoms with Gasteiger partial charge in [-0.2, -0.15) is 0 Å². The molecule has 0 radical (unpaired) electrons. The maximum absolute atomic E-state index is 11.7. The van der Waals surface area contributed by atoms with E-state index < -0.39 is 5.60 Å². The Bertz CT molecular complexity index is 1260. The summed E-state index contributed by atoms with van der Waals surface area (Å²) in [7, 11) is 1.72. The van der Waals surface area contributed by atoms with Crippen LogP contribution in [-0.2, 0) is 42.4 Å². The van der Waals surface area contributed by atoms with E-state index in [0.29, 0.717) is 45.5 Å². The minimum atomic E-state index is -0.505. The number of rotatable bonds is 5. The number of nitrogens with zero attached hydrogens (tertiary/aromatic N) is 3. The summed E-state index contributed by atoms with van der Waals surface area (Å²) < 4.78 is 25.3. The van der Waals surface area contributed by atoms with Crippen LogP contribution in [0.5, 0.6) is 0 Å². The molecule has 9 nitrogen and oxygen atoms in total. The van der Waals surface area contributed by atoms with Gasteiger partial charge >= 0.3 is 0 Å². The average Bonchev–Trinajstić information content (AvgIpc) is 3.39. The van der Waals surface area contributed by atoms with Crippen LogP contribution in [0.25, 0.3) is 22.2 Å². The first-order valence-corrected chi connectivity index (χ1v) is 11.7. The van der Waals surface area contributed by atoms with Gasteiger partial charge in [0, 0.05) is 44.2 Å². The van der Waals surface area contributed by atoms with Crippen molar-refractivity contribution in [1.82, 2.24) is 14.5 Å². The first kappa shape index (κ1) is 21.7. The molecule has 0 aliphatic carbocycles. The standard InChI is InChI=1S/C25H28N4O5/c1-15(30)27-23-8-19-20(10-29(17-12-33-13-17)22(19)9-26-23)21-7-16(11-31-2)18-3-5-34-25(24(18)28-21)4-6-32-14-25/h7-10,17H,3-6,11-14H2,1-2H3,(H,26,27,30). The van der Waals surface area contributed by atoms with Crippen LogP contribution in [0.4, 0.5) is 5.82 Å². The zero-order chi connectivity index (χ0) is 23.3. The third-order valence-corrected chi connectivity index (χ3v) is 6.98. The summed E-state index contributed by atoms with van der Waals surface area (Å²) in [6, 6.07) is 4.30. The van der Waals surface area contributed by atoms with Gasteiger partial charge in [-0.05, 0) is 29.7 Å². The van der Waals surface area contributed by atoms with Gasteiger partial charge in [0.2, 0.25) is 5.91 Å². The molecular weight excluding hydrogens is 436 g/mol. The summed E-state index contributed by atoms with van der Waals surface area (Å²) in [6.07, 6.45) is 5.54. The van der Waals surface area contributed by atoms with Crippen molar-refractivity contribution in [2.75, 3.05) is 45.5 Å². The van der Waals surface area contributed by atoms with Crippen LogP contribution in [0, 0.1) is 0 Å². The van der Waals surface area contributed by atoms with E-state index in [0.717, 1.165) is 46.3 Å². The highest BCUT2D eigenvalue weighted by Gasteiger charge is 2.44. The Labute approximate surface area is 197 Å². The lowest BCUT2D eigenvalue weighted by Gasteiger charge is -2.35. The van der Waals surface area contributed by atoms with Crippen molar-refractivity contribution in [2.45, 2.75) is 38.0 Å². The van der Waals surface area contributed by atoms with Crippen molar-refractivity contribution < 1.29 is 23.7 Å². The zero-order valence-electron chi connectivity index (χ0n) is 19.4. The lowest BCUT2D eigenvalue weighted by Crippen LogP contribution is -2.38. The van der Waals surface area contributed by atoms with Crippen LogP contribution in [0.15, 0.2) is 24.5 Å². The molecule has 0 aromatic carbocycles. The van der Waals surface area contributed by atoms with Crippen molar-refractivity contribution in [2.24, 2.45) is 0 Å². The van der Waals surface area contributed by atoms with E-state index in [4.69, 9.17) is 23.9 Å². The molecule has 178 valence electrons. The number of nitrogens with one attached hydrogen (secondary N) is 1. The number of anilines is 1. The predicted molar refractivity (Wildman–Crippen MR) is 125 cm³/mol. The third-order valence-electron chi connectivity index (χ3n) is 6.98. The summed E-state index contributed by atoms with van der Waals surface area (Å²) in [5.41, 5.74) is 5.61. The quantitative estimate of drug-likeness (QED) is 0.620. The highest BCUT2D eigenvalue weighted by Crippen LogP contribution is 2.42. The van der Waals surface area contributed by atoms with E-state index in [1.54, 1.807) is 7.11 Å². The van der Waals surface area contributed by atoms with Crippen LogP contribution in [0.1, 0.15) is 36.2 Å². The van der Waals surface area contributed by atoms with Crippen LogP contribution in [0.2, 0.25) is 0 Å². The molecule has 0 saturated carbocycles. The van der Waals surface area contributed by atoms with Crippen LogP contribution in [-0.4, -0.2) is 60.6 Å². The molecule has 9 heteroatoms. The number of fused-ring (bicyclic) bond motifs is 3. The SMILES string of the molecule is COCc1cc(-c2cn(C3COC3)c3cnc(NC(C)=O)cc23)nc2c1CCOC21CCOC1. The van der Waals surface area contributed by atoms with Gasteiger partial charge < -0.3 is 28.8 Å². The second-order valence-corrected chi connectivity index (χ2v) is 9.23. The Hall–Kier alpha value is -2.85. The molecule has 3 aromatic rings. The van der Waals surface area contributed by atoms with Crippen molar-refractivity contribution in [3.05, 3.63) is 41.3 Å².